The van der Waals surface area contributed by atoms with Crippen LogP contribution in [0.5, 0.6) is 5.75 Å². The molecule has 5 atom stereocenters. The number of rotatable bonds is 4. The van der Waals surface area contributed by atoms with Crippen LogP contribution in [0.1, 0.15) is 35.2 Å². The molecule has 0 bridgehead atoms. The lowest BCUT2D eigenvalue weighted by molar-refractivity contribution is -0.127. The minimum Gasteiger partial charge on any atom is -0.511 e. The zero-order valence-electron chi connectivity index (χ0n) is 24.3. The number of fused-ring (bicyclic) bond motifs is 4. The molecule has 0 saturated heterocycles. The maximum atomic E-state index is 14.0. The summed E-state index contributed by atoms with van der Waals surface area (Å²) >= 11 is 0. The first-order valence-corrected chi connectivity index (χ1v) is 14.2. The molecule has 3 aliphatic carbocycles. The Labute approximate surface area is 252 Å². The van der Waals surface area contributed by atoms with E-state index >= 15 is 0 Å². The molecule has 0 spiro atoms. The highest BCUT2D eigenvalue weighted by Gasteiger charge is 2.55. The van der Waals surface area contributed by atoms with E-state index in [2.05, 4.69) is 10.6 Å². The van der Waals surface area contributed by atoms with Gasteiger partial charge in [0, 0.05) is 11.0 Å². The topological polar surface area (TPSA) is 182 Å². The van der Waals surface area contributed by atoms with Gasteiger partial charge in [-0.25, -0.2) is 4.79 Å². The van der Waals surface area contributed by atoms with Gasteiger partial charge in [-0.2, -0.15) is 0 Å². The van der Waals surface area contributed by atoms with Gasteiger partial charge in [-0.3, -0.25) is 19.3 Å². The summed E-state index contributed by atoms with van der Waals surface area (Å²) in [5, 5.41) is 40.9. The van der Waals surface area contributed by atoms with Crippen molar-refractivity contribution >= 4 is 45.7 Å². The maximum Gasteiger partial charge on any atom is 0.323 e. The van der Waals surface area contributed by atoms with Crippen LogP contribution in [0.25, 0.3) is 10.8 Å². The van der Waals surface area contributed by atoms with Gasteiger partial charge in [0.25, 0.3) is 5.91 Å². The van der Waals surface area contributed by atoms with Gasteiger partial charge in [0.1, 0.15) is 17.1 Å². The molecule has 2 unspecified atom stereocenters. The maximum absolute atomic E-state index is 14.0. The number of aromatic hydroxyl groups is 1. The fourth-order valence-corrected chi connectivity index (χ4v) is 7.27. The zero-order chi connectivity index (χ0) is 31.6. The second-order valence-electron chi connectivity index (χ2n) is 11.8. The summed E-state index contributed by atoms with van der Waals surface area (Å²) in [6, 6.07) is 14.7. The number of urea groups is 1. The number of nitrogens with zero attached hydrogens (tertiary/aromatic N) is 1. The summed E-state index contributed by atoms with van der Waals surface area (Å²) in [7, 11) is 3.35. The lowest BCUT2D eigenvalue weighted by atomic mass is 9.58. The fraction of sp³-hybridized carbons (Fsp3) is 0.273. The first-order valence-electron chi connectivity index (χ1n) is 14.2. The van der Waals surface area contributed by atoms with E-state index in [9.17, 15) is 34.5 Å². The molecule has 6 rings (SSSR count). The molecule has 11 heteroatoms. The van der Waals surface area contributed by atoms with Crippen molar-refractivity contribution in [2.45, 2.75) is 25.3 Å². The lowest BCUT2D eigenvalue weighted by Gasteiger charge is -2.47. The average molecular weight is 597 g/mol. The number of aliphatic hydroxyl groups is 2. The number of aliphatic hydroxyl groups excluding tert-OH is 2. The van der Waals surface area contributed by atoms with Gasteiger partial charge >= 0.3 is 6.03 Å². The number of hydrogen-bond donors (Lipinski definition) is 6. The van der Waals surface area contributed by atoms with Crippen LogP contribution >= 0.6 is 0 Å². The van der Waals surface area contributed by atoms with Crippen LogP contribution in [0.15, 0.2) is 77.3 Å². The molecule has 0 fully saturated rings. The molecule has 0 heterocycles. The molecule has 3 aromatic carbocycles. The second-order valence-corrected chi connectivity index (χ2v) is 11.8. The molecule has 7 N–H and O–H groups in total. The minimum absolute atomic E-state index is 0.0143. The Kier molecular flexibility index (Phi) is 6.92. The van der Waals surface area contributed by atoms with Crippen molar-refractivity contribution in [3.05, 3.63) is 88.4 Å². The van der Waals surface area contributed by atoms with Crippen molar-refractivity contribution < 1.29 is 34.5 Å². The Bertz CT molecular complexity index is 1840. The third-order valence-corrected chi connectivity index (χ3v) is 9.23. The summed E-state index contributed by atoms with van der Waals surface area (Å²) in [4.78, 5) is 54.2. The standard InChI is InChI=1S/C33H32N4O7/c1-14-16-11-12-21(36-33(44)35-20-10-6-8-15-7-4-5-9-17(15)20)27(38)22(16)28(39)23-18(14)13-19-24(29(23)40)30(41)25(32(34)43)31(42)26(19)37(2)3/h4-12,14,18-19,24,26,38,40,42H,13H2,1-3H3,(H2,34,43)(H2,35,36,44)/t14-,18+,19?,24?,26-/m0/s1. The van der Waals surface area contributed by atoms with E-state index in [0.29, 0.717) is 11.3 Å². The van der Waals surface area contributed by atoms with Crippen LogP contribution in [0.3, 0.4) is 0 Å². The number of nitrogens with one attached hydrogen (secondary N) is 2. The Morgan fingerprint density at radius 3 is 2.30 bits per heavy atom. The van der Waals surface area contributed by atoms with E-state index in [1.54, 1.807) is 37.2 Å². The SMILES string of the molecule is C[C@H]1c2ccc(NC(=O)Nc3cccc4ccccc34)c(O)c2C(=O)C2=C(O)C3C(=O)C(C(N)=O)=C(O)[C@@H](N(C)C)C3C[C@@H]21. The molecule has 44 heavy (non-hydrogen) atoms. The van der Waals surface area contributed by atoms with Crippen molar-refractivity contribution in [2.24, 2.45) is 23.5 Å². The van der Waals surface area contributed by atoms with E-state index < -0.39 is 70.1 Å². The Morgan fingerprint density at radius 2 is 1.59 bits per heavy atom. The van der Waals surface area contributed by atoms with Gasteiger partial charge in [0.05, 0.1) is 28.9 Å². The van der Waals surface area contributed by atoms with Gasteiger partial charge in [0.15, 0.2) is 17.3 Å². The number of phenolic OH excluding ortho intramolecular Hbond substituents is 1. The largest absolute Gasteiger partial charge is 0.511 e. The van der Waals surface area contributed by atoms with Crippen LogP contribution in [-0.4, -0.2) is 63.9 Å². The number of amides is 3. The third kappa shape index (κ3) is 4.31. The van der Waals surface area contributed by atoms with Crippen molar-refractivity contribution in [1.29, 1.82) is 0 Å². The molecule has 11 nitrogen and oxygen atoms in total. The van der Waals surface area contributed by atoms with Gasteiger partial charge in [-0.1, -0.05) is 49.4 Å². The number of likely N-dealkylation sites (N-methyl/N-ethyl adjacent to an activating group) is 1. The van der Waals surface area contributed by atoms with Crippen molar-refractivity contribution in [2.75, 3.05) is 24.7 Å². The molecule has 0 aliphatic heterocycles. The summed E-state index contributed by atoms with van der Waals surface area (Å²) in [6.45, 7) is 1.85. The Morgan fingerprint density at radius 1 is 0.909 bits per heavy atom. The van der Waals surface area contributed by atoms with Crippen LogP contribution in [0, 0.1) is 17.8 Å². The smallest absolute Gasteiger partial charge is 0.323 e. The Hall–Kier alpha value is -5.16. The highest BCUT2D eigenvalue weighted by atomic mass is 16.3. The average Bonchev–Trinajstić information content (AvgIpc) is 2.96. The zero-order valence-corrected chi connectivity index (χ0v) is 24.3. The number of nitrogens with two attached hydrogens (primary N) is 1. The van der Waals surface area contributed by atoms with E-state index in [1.807, 2.05) is 37.3 Å². The number of benzene rings is 3. The summed E-state index contributed by atoms with van der Waals surface area (Å²) in [5.74, 6) is -6.90. The molecule has 3 aliphatic rings. The highest BCUT2D eigenvalue weighted by Crippen LogP contribution is 2.54. The minimum atomic E-state index is -1.28. The highest BCUT2D eigenvalue weighted by molar-refractivity contribution is 6.22. The van der Waals surface area contributed by atoms with Crippen molar-refractivity contribution in [1.82, 2.24) is 4.90 Å². The number of ketones is 2. The number of anilines is 2. The molecular weight excluding hydrogens is 564 g/mol. The number of phenols is 1. The van der Waals surface area contributed by atoms with Gasteiger partial charge in [-0.05, 0) is 61.4 Å². The predicted molar refractivity (Wildman–Crippen MR) is 164 cm³/mol. The second kappa shape index (κ2) is 10.5. The van der Waals surface area contributed by atoms with Crippen LogP contribution < -0.4 is 16.4 Å². The van der Waals surface area contributed by atoms with Crippen LogP contribution in [-0.2, 0) is 9.59 Å². The van der Waals surface area contributed by atoms with E-state index in [0.717, 1.165) is 10.8 Å². The fourth-order valence-electron chi connectivity index (χ4n) is 7.27. The normalized spacial score (nSPS) is 24.6. The number of carbonyl (C=O) groups is 4. The molecule has 0 aromatic heterocycles. The first kappa shape index (κ1) is 28.9. The molecule has 226 valence electrons. The number of Topliss-reactive ketones (excluding diaryl/α,β-unsaturated/α-hetero) is 2. The molecule has 3 amide bonds. The van der Waals surface area contributed by atoms with E-state index in [-0.39, 0.29) is 29.2 Å². The quantitative estimate of drug-likeness (QED) is 0.190. The number of carbonyl (C=O) groups excluding carboxylic acids is 4. The number of primary amides is 1. The first-order chi connectivity index (χ1) is 20.9. The van der Waals surface area contributed by atoms with Crippen LogP contribution in [0.4, 0.5) is 16.2 Å². The molecule has 0 saturated carbocycles. The Balaban J connectivity index is 1.36. The van der Waals surface area contributed by atoms with Gasteiger partial charge in [0.2, 0.25) is 0 Å². The molecular formula is C33H32N4O7. The number of allylic oxidation sites excluding steroid dienone is 2. The van der Waals surface area contributed by atoms with Crippen LogP contribution in [0.2, 0.25) is 0 Å². The van der Waals surface area contributed by atoms with Crippen molar-refractivity contribution in [3.8, 4) is 5.75 Å². The summed E-state index contributed by atoms with van der Waals surface area (Å²) in [5.41, 5.74) is 5.79. The summed E-state index contributed by atoms with van der Waals surface area (Å²) in [6.07, 6.45) is 0.245. The lowest BCUT2D eigenvalue weighted by Crippen LogP contribution is -2.53. The monoisotopic (exact) mass is 596 g/mol. The van der Waals surface area contributed by atoms with Gasteiger partial charge in [-0.15, -0.1) is 0 Å². The molecule has 0 radical (unpaired) electrons. The molecule has 3 aromatic rings. The third-order valence-electron chi connectivity index (χ3n) is 9.23. The van der Waals surface area contributed by atoms with Crippen molar-refractivity contribution in [3.63, 3.8) is 0 Å². The number of hydrogen-bond acceptors (Lipinski definition) is 8. The van der Waals surface area contributed by atoms with Gasteiger partial charge < -0.3 is 31.7 Å². The van der Waals surface area contributed by atoms with E-state index in [4.69, 9.17) is 5.73 Å². The van der Waals surface area contributed by atoms with E-state index in [1.165, 1.54) is 6.07 Å². The summed E-state index contributed by atoms with van der Waals surface area (Å²) < 4.78 is 0. The predicted octanol–water partition coefficient (Wildman–Crippen LogP) is 4.36.